The quantitative estimate of drug-likeness (QED) is 0.894. The number of aromatic carboxylic acids is 1. The molecule has 0 saturated heterocycles. The van der Waals surface area contributed by atoms with Crippen LogP contribution < -0.4 is 4.72 Å². The van der Waals surface area contributed by atoms with E-state index in [2.05, 4.69) is 9.82 Å². The number of hydrogen-bond donors (Lipinski definition) is 2. The van der Waals surface area contributed by atoms with Crippen molar-refractivity contribution in [2.45, 2.75) is 25.7 Å². The molecule has 0 saturated carbocycles. The van der Waals surface area contributed by atoms with E-state index in [9.17, 15) is 18.3 Å². The third kappa shape index (κ3) is 2.82. The summed E-state index contributed by atoms with van der Waals surface area (Å²) in [5.41, 5.74) is 1.51. The molecule has 2 aromatic rings. The van der Waals surface area contributed by atoms with Crippen LogP contribution in [-0.4, -0.2) is 29.3 Å². The lowest BCUT2D eigenvalue weighted by atomic mass is 10.0. The van der Waals surface area contributed by atoms with E-state index in [-0.39, 0.29) is 21.8 Å². The molecule has 0 fully saturated rings. The number of anilines is 1. The van der Waals surface area contributed by atoms with Crippen LogP contribution in [0.25, 0.3) is 0 Å². The number of aryl methyl sites for hydroxylation is 3. The lowest BCUT2D eigenvalue weighted by Gasteiger charge is -2.12. The molecule has 8 heteroatoms. The molecule has 2 N–H and O–H groups in total. The van der Waals surface area contributed by atoms with Crippen molar-refractivity contribution < 1.29 is 18.3 Å². The topological polar surface area (TPSA) is 101 Å². The summed E-state index contributed by atoms with van der Waals surface area (Å²) >= 11 is 0. The number of nitrogens with zero attached hydrogens (tertiary/aromatic N) is 2. The van der Waals surface area contributed by atoms with E-state index in [1.54, 1.807) is 31.6 Å². The van der Waals surface area contributed by atoms with Gasteiger partial charge < -0.3 is 5.11 Å². The highest BCUT2D eigenvalue weighted by molar-refractivity contribution is 7.92. The molecular weight excluding hydrogens is 306 g/mol. The number of carbonyl (C=O) groups is 1. The minimum absolute atomic E-state index is 0.0000708. The highest BCUT2D eigenvalue weighted by atomic mass is 32.2. The van der Waals surface area contributed by atoms with E-state index in [4.69, 9.17) is 0 Å². The number of carboxylic acids is 1. The average molecular weight is 323 g/mol. The first kappa shape index (κ1) is 16.0. The smallest absolute Gasteiger partial charge is 0.336 e. The normalized spacial score (nSPS) is 11.5. The van der Waals surface area contributed by atoms with Crippen molar-refractivity contribution in [3.05, 3.63) is 40.6 Å². The molecule has 0 atom stereocenters. The molecule has 0 amide bonds. The van der Waals surface area contributed by atoms with Gasteiger partial charge in [0.15, 0.2) is 5.82 Å². The lowest BCUT2D eigenvalue weighted by molar-refractivity contribution is 0.0695. The predicted molar refractivity (Wildman–Crippen MR) is 81.6 cm³/mol. The highest BCUT2D eigenvalue weighted by Gasteiger charge is 2.23. The van der Waals surface area contributed by atoms with Crippen LogP contribution in [0.5, 0.6) is 0 Å². The predicted octanol–water partition coefficient (Wildman–Crippen LogP) is 1.84. The van der Waals surface area contributed by atoms with Crippen LogP contribution in [0, 0.1) is 20.8 Å². The van der Waals surface area contributed by atoms with Crippen LogP contribution >= 0.6 is 0 Å². The third-order valence-corrected chi connectivity index (χ3v) is 4.98. The van der Waals surface area contributed by atoms with E-state index in [1.165, 1.54) is 19.1 Å². The molecule has 0 aliphatic heterocycles. The molecule has 118 valence electrons. The molecule has 22 heavy (non-hydrogen) atoms. The van der Waals surface area contributed by atoms with Gasteiger partial charge in [-0.3, -0.25) is 9.40 Å². The fourth-order valence-corrected chi connectivity index (χ4v) is 3.49. The molecule has 0 unspecified atom stereocenters. The third-order valence-electron chi connectivity index (χ3n) is 3.48. The number of hydrogen-bond acceptors (Lipinski definition) is 4. The molecule has 0 aliphatic rings. The van der Waals surface area contributed by atoms with E-state index in [0.29, 0.717) is 5.56 Å². The fourth-order valence-electron chi connectivity index (χ4n) is 2.25. The fraction of sp³-hybridized carbons (Fsp3) is 0.286. The van der Waals surface area contributed by atoms with Gasteiger partial charge in [-0.1, -0.05) is 6.07 Å². The molecular formula is C14H17N3O4S. The van der Waals surface area contributed by atoms with Crippen molar-refractivity contribution in [1.29, 1.82) is 0 Å². The summed E-state index contributed by atoms with van der Waals surface area (Å²) in [6.45, 7) is 4.90. The number of sulfonamides is 1. The lowest BCUT2D eigenvalue weighted by Crippen LogP contribution is -2.17. The summed E-state index contributed by atoms with van der Waals surface area (Å²) in [6.07, 6.45) is 0. The van der Waals surface area contributed by atoms with Crippen LogP contribution in [0.1, 0.15) is 27.2 Å². The SMILES string of the molecule is Cc1ccc(S(=O)(=O)Nc2cc(C)n(C)n2)c(C)c1C(=O)O. The van der Waals surface area contributed by atoms with E-state index in [1.807, 2.05) is 0 Å². The van der Waals surface area contributed by atoms with Crippen molar-refractivity contribution in [3.63, 3.8) is 0 Å². The molecule has 1 aromatic heterocycles. The number of carboxylic acid groups (broad SMARTS) is 1. The van der Waals surface area contributed by atoms with Crippen molar-refractivity contribution in [3.8, 4) is 0 Å². The van der Waals surface area contributed by atoms with Crippen molar-refractivity contribution in [1.82, 2.24) is 9.78 Å². The zero-order valence-electron chi connectivity index (χ0n) is 12.7. The Morgan fingerprint density at radius 3 is 2.41 bits per heavy atom. The number of benzene rings is 1. The molecule has 0 radical (unpaired) electrons. The Kier molecular flexibility index (Phi) is 3.97. The van der Waals surface area contributed by atoms with Gasteiger partial charge in [0.25, 0.3) is 10.0 Å². The minimum Gasteiger partial charge on any atom is -0.478 e. The Morgan fingerprint density at radius 1 is 1.27 bits per heavy atom. The molecule has 7 nitrogen and oxygen atoms in total. The first-order chi connectivity index (χ1) is 10.1. The molecule has 0 aliphatic carbocycles. The molecule has 0 spiro atoms. The van der Waals surface area contributed by atoms with E-state index in [0.717, 1.165) is 5.69 Å². The Balaban J connectivity index is 2.50. The maximum Gasteiger partial charge on any atom is 0.336 e. The second-order valence-corrected chi connectivity index (χ2v) is 6.74. The highest BCUT2D eigenvalue weighted by Crippen LogP contribution is 2.24. The zero-order chi connectivity index (χ0) is 16.7. The van der Waals surface area contributed by atoms with Gasteiger partial charge in [0.05, 0.1) is 10.5 Å². The summed E-state index contributed by atoms with van der Waals surface area (Å²) < 4.78 is 28.9. The molecule has 2 rings (SSSR count). The van der Waals surface area contributed by atoms with Crippen LogP contribution in [0.2, 0.25) is 0 Å². The van der Waals surface area contributed by atoms with E-state index >= 15 is 0 Å². The van der Waals surface area contributed by atoms with Gasteiger partial charge in [0.2, 0.25) is 0 Å². The van der Waals surface area contributed by atoms with Crippen LogP contribution in [0.4, 0.5) is 5.82 Å². The van der Waals surface area contributed by atoms with Crippen molar-refractivity contribution >= 4 is 21.8 Å². The maximum absolute atomic E-state index is 12.5. The van der Waals surface area contributed by atoms with Gasteiger partial charge in [-0.25, -0.2) is 13.2 Å². The molecule has 0 bridgehead atoms. The minimum atomic E-state index is -3.91. The first-order valence-electron chi connectivity index (χ1n) is 6.50. The number of aromatic nitrogens is 2. The van der Waals surface area contributed by atoms with Crippen molar-refractivity contribution in [2.75, 3.05) is 4.72 Å². The largest absolute Gasteiger partial charge is 0.478 e. The summed E-state index contributed by atoms with van der Waals surface area (Å²) in [4.78, 5) is 11.2. The number of rotatable bonds is 4. The van der Waals surface area contributed by atoms with Gasteiger partial charge in [-0.2, -0.15) is 5.10 Å². The first-order valence-corrected chi connectivity index (χ1v) is 7.98. The summed E-state index contributed by atoms with van der Waals surface area (Å²) in [6, 6.07) is 4.48. The maximum atomic E-state index is 12.5. The zero-order valence-corrected chi connectivity index (χ0v) is 13.5. The Bertz CT molecular complexity index is 834. The molecule has 1 heterocycles. The van der Waals surface area contributed by atoms with Crippen LogP contribution in [-0.2, 0) is 17.1 Å². The second kappa shape index (κ2) is 5.45. The van der Waals surface area contributed by atoms with Gasteiger partial charge in [-0.15, -0.1) is 0 Å². The van der Waals surface area contributed by atoms with Gasteiger partial charge in [0, 0.05) is 18.8 Å². The Labute approximate surface area is 128 Å². The monoisotopic (exact) mass is 323 g/mol. The average Bonchev–Trinajstić information content (AvgIpc) is 2.66. The summed E-state index contributed by atoms with van der Waals surface area (Å²) in [7, 11) is -2.21. The van der Waals surface area contributed by atoms with E-state index < -0.39 is 16.0 Å². The number of nitrogens with one attached hydrogen (secondary N) is 1. The Hall–Kier alpha value is -2.35. The summed E-state index contributed by atoms with van der Waals surface area (Å²) in [5.74, 6) is -0.961. The standard InChI is InChI=1S/C14H17N3O4S/c1-8-5-6-11(10(3)13(8)14(18)19)22(20,21)16-12-7-9(2)17(4)15-12/h5-7H,1-4H3,(H,15,16)(H,18,19). The van der Waals surface area contributed by atoms with Gasteiger partial charge in [-0.05, 0) is 38.0 Å². The molecule has 1 aromatic carbocycles. The van der Waals surface area contributed by atoms with Gasteiger partial charge in [0.1, 0.15) is 0 Å². The van der Waals surface area contributed by atoms with Crippen LogP contribution in [0.3, 0.4) is 0 Å². The second-order valence-electron chi connectivity index (χ2n) is 5.09. The van der Waals surface area contributed by atoms with Crippen LogP contribution in [0.15, 0.2) is 23.1 Å². The Morgan fingerprint density at radius 2 is 1.91 bits per heavy atom. The summed E-state index contributed by atoms with van der Waals surface area (Å²) in [5, 5.41) is 13.3. The van der Waals surface area contributed by atoms with Crippen molar-refractivity contribution in [2.24, 2.45) is 7.05 Å². The van der Waals surface area contributed by atoms with Gasteiger partial charge >= 0.3 is 5.97 Å².